The van der Waals surface area contributed by atoms with Gasteiger partial charge in [-0.05, 0) is 53.2 Å². The Labute approximate surface area is 134 Å². The molecular weight excluding hydrogens is 356 g/mol. The Kier molecular flexibility index (Phi) is 3.47. The maximum absolute atomic E-state index is 11.3. The van der Waals surface area contributed by atoms with E-state index in [1.54, 1.807) is 18.2 Å². The number of aromatic carboxylic acids is 1. The lowest BCUT2D eigenvalue weighted by molar-refractivity contribution is 0.0699. The minimum Gasteiger partial charge on any atom is -0.478 e. The fraction of sp³-hybridized carbons (Fsp3) is 0.0667. The quantitative estimate of drug-likeness (QED) is 0.730. The lowest BCUT2D eigenvalue weighted by Gasteiger charge is -2.10. The number of carbonyl (C=O) groups is 1. The van der Waals surface area contributed by atoms with Crippen molar-refractivity contribution in [3.8, 4) is 5.69 Å². The molecule has 0 bridgehead atoms. The SMILES string of the molecule is Cc1nc2c(C(=O)O)cccc2n1-c1cc(Cl)ccc1Br. The summed E-state index contributed by atoms with van der Waals surface area (Å²) in [7, 11) is 0. The minimum absolute atomic E-state index is 0.188. The predicted molar refractivity (Wildman–Crippen MR) is 85.5 cm³/mol. The highest BCUT2D eigenvalue weighted by Crippen LogP contribution is 2.30. The third-order valence-electron chi connectivity index (χ3n) is 3.23. The fourth-order valence-electron chi connectivity index (χ4n) is 2.35. The first-order valence-corrected chi connectivity index (χ1v) is 7.33. The molecule has 0 saturated heterocycles. The van der Waals surface area contributed by atoms with Crippen LogP contribution in [-0.2, 0) is 0 Å². The summed E-state index contributed by atoms with van der Waals surface area (Å²) in [6, 6.07) is 10.6. The summed E-state index contributed by atoms with van der Waals surface area (Å²) in [5.41, 5.74) is 2.21. The van der Waals surface area contributed by atoms with Crippen LogP contribution in [0.5, 0.6) is 0 Å². The van der Waals surface area contributed by atoms with Gasteiger partial charge in [0.05, 0.1) is 16.8 Å². The van der Waals surface area contributed by atoms with Crippen molar-refractivity contribution in [3.05, 3.63) is 57.3 Å². The van der Waals surface area contributed by atoms with Crippen LogP contribution in [0.15, 0.2) is 40.9 Å². The molecule has 1 heterocycles. The van der Waals surface area contributed by atoms with Crippen molar-refractivity contribution >= 4 is 44.5 Å². The summed E-state index contributed by atoms with van der Waals surface area (Å²) in [5, 5.41) is 9.87. The van der Waals surface area contributed by atoms with Crippen molar-refractivity contribution in [3.63, 3.8) is 0 Å². The lowest BCUT2D eigenvalue weighted by Crippen LogP contribution is -1.99. The zero-order valence-electron chi connectivity index (χ0n) is 11.0. The Morgan fingerprint density at radius 3 is 2.81 bits per heavy atom. The number of aromatic nitrogens is 2. The second-order valence-electron chi connectivity index (χ2n) is 4.57. The number of fused-ring (bicyclic) bond motifs is 1. The maximum atomic E-state index is 11.3. The molecule has 2 aromatic carbocycles. The smallest absolute Gasteiger partial charge is 0.337 e. The number of para-hydroxylation sites is 1. The van der Waals surface area contributed by atoms with E-state index in [9.17, 15) is 9.90 Å². The molecule has 3 rings (SSSR count). The average Bonchev–Trinajstić information content (AvgIpc) is 2.77. The van der Waals surface area contributed by atoms with E-state index in [1.807, 2.05) is 29.7 Å². The van der Waals surface area contributed by atoms with E-state index in [2.05, 4.69) is 20.9 Å². The number of imidazole rings is 1. The number of carboxylic acid groups (broad SMARTS) is 1. The molecule has 0 atom stereocenters. The number of carboxylic acids is 1. The molecule has 4 nitrogen and oxygen atoms in total. The summed E-state index contributed by atoms with van der Waals surface area (Å²) in [4.78, 5) is 15.7. The summed E-state index contributed by atoms with van der Waals surface area (Å²) in [6.45, 7) is 1.83. The number of halogens is 2. The van der Waals surface area contributed by atoms with Gasteiger partial charge in [-0.25, -0.2) is 9.78 Å². The summed E-state index contributed by atoms with van der Waals surface area (Å²) in [5.74, 6) is -0.294. The highest BCUT2D eigenvalue weighted by molar-refractivity contribution is 9.10. The van der Waals surface area contributed by atoms with Gasteiger partial charge in [0.25, 0.3) is 0 Å². The van der Waals surface area contributed by atoms with Gasteiger partial charge in [0, 0.05) is 9.50 Å². The van der Waals surface area contributed by atoms with Gasteiger partial charge in [-0.2, -0.15) is 0 Å². The fourth-order valence-corrected chi connectivity index (χ4v) is 2.94. The van der Waals surface area contributed by atoms with Crippen molar-refractivity contribution < 1.29 is 9.90 Å². The van der Waals surface area contributed by atoms with Crippen LogP contribution in [0, 0.1) is 6.92 Å². The molecule has 3 aromatic rings. The number of hydrogen-bond acceptors (Lipinski definition) is 2. The monoisotopic (exact) mass is 364 g/mol. The zero-order chi connectivity index (χ0) is 15.1. The van der Waals surface area contributed by atoms with Gasteiger partial charge >= 0.3 is 5.97 Å². The van der Waals surface area contributed by atoms with Crippen LogP contribution in [-0.4, -0.2) is 20.6 Å². The topological polar surface area (TPSA) is 55.1 Å². The van der Waals surface area contributed by atoms with Crippen molar-refractivity contribution in [2.24, 2.45) is 0 Å². The van der Waals surface area contributed by atoms with E-state index >= 15 is 0 Å². The third kappa shape index (κ3) is 2.32. The van der Waals surface area contributed by atoms with Gasteiger partial charge in [0.2, 0.25) is 0 Å². The second-order valence-corrected chi connectivity index (χ2v) is 5.86. The maximum Gasteiger partial charge on any atom is 0.337 e. The van der Waals surface area contributed by atoms with E-state index < -0.39 is 5.97 Å². The van der Waals surface area contributed by atoms with Crippen LogP contribution in [0.4, 0.5) is 0 Å². The molecule has 0 aliphatic rings. The van der Waals surface area contributed by atoms with Gasteiger partial charge in [-0.1, -0.05) is 17.7 Å². The minimum atomic E-state index is -0.990. The van der Waals surface area contributed by atoms with Crippen molar-refractivity contribution in [1.82, 2.24) is 9.55 Å². The first-order chi connectivity index (χ1) is 9.99. The molecule has 0 radical (unpaired) electrons. The molecule has 0 unspecified atom stereocenters. The number of rotatable bonds is 2. The molecule has 0 saturated carbocycles. The van der Waals surface area contributed by atoms with Crippen LogP contribution in [0.25, 0.3) is 16.7 Å². The summed E-state index contributed by atoms with van der Waals surface area (Å²) < 4.78 is 2.74. The van der Waals surface area contributed by atoms with E-state index in [0.29, 0.717) is 16.4 Å². The first-order valence-electron chi connectivity index (χ1n) is 6.16. The molecule has 21 heavy (non-hydrogen) atoms. The van der Waals surface area contributed by atoms with Gasteiger partial charge in [0.15, 0.2) is 0 Å². The van der Waals surface area contributed by atoms with E-state index in [0.717, 1.165) is 15.7 Å². The Morgan fingerprint density at radius 1 is 1.33 bits per heavy atom. The molecule has 106 valence electrons. The van der Waals surface area contributed by atoms with Gasteiger partial charge in [0.1, 0.15) is 11.3 Å². The first kappa shape index (κ1) is 14.1. The van der Waals surface area contributed by atoms with Gasteiger partial charge in [-0.15, -0.1) is 0 Å². The molecule has 0 spiro atoms. The Balaban J connectivity index is 2.38. The van der Waals surface area contributed by atoms with Crippen LogP contribution < -0.4 is 0 Å². The molecule has 0 fully saturated rings. The summed E-state index contributed by atoms with van der Waals surface area (Å²) >= 11 is 9.57. The molecular formula is C15H10BrClN2O2. The molecule has 0 amide bonds. The van der Waals surface area contributed by atoms with E-state index in [-0.39, 0.29) is 5.56 Å². The molecule has 1 aromatic heterocycles. The lowest BCUT2D eigenvalue weighted by atomic mass is 10.2. The Bertz CT molecular complexity index is 873. The van der Waals surface area contributed by atoms with Crippen LogP contribution in [0.3, 0.4) is 0 Å². The number of hydrogen-bond donors (Lipinski definition) is 1. The van der Waals surface area contributed by atoms with Crippen LogP contribution >= 0.6 is 27.5 Å². The summed E-state index contributed by atoms with van der Waals surface area (Å²) in [6.07, 6.45) is 0. The third-order valence-corrected chi connectivity index (χ3v) is 4.14. The van der Waals surface area contributed by atoms with Gasteiger partial charge in [-0.3, -0.25) is 4.57 Å². The molecule has 1 N–H and O–H groups in total. The average molecular weight is 366 g/mol. The zero-order valence-corrected chi connectivity index (χ0v) is 13.3. The molecule has 0 aliphatic carbocycles. The Hall–Kier alpha value is -1.85. The van der Waals surface area contributed by atoms with E-state index in [1.165, 1.54) is 0 Å². The van der Waals surface area contributed by atoms with Crippen molar-refractivity contribution in [1.29, 1.82) is 0 Å². The Morgan fingerprint density at radius 2 is 2.10 bits per heavy atom. The van der Waals surface area contributed by atoms with Crippen molar-refractivity contribution in [2.45, 2.75) is 6.92 Å². The van der Waals surface area contributed by atoms with Crippen LogP contribution in [0.1, 0.15) is 16.2 Å². The number of aryl methyl sites for hydroxylation is 1. The highest BCUT2D eigenvalue weighted by Gasteiger charge is 2.17. The predicted octanol–water partition coefficient (Wildman–Crippen LogP) is 4.45. The highest BCUT2D eigenvalue weighted by atomic mass is 79.9. The number of benzene rings is 2. The molecule has 6 heteroatoms. The van der Waals surface area contributed by atoms with E-state index in [4.69, 9.17) is 11.6 Å². The largest absolute Gasteiger partial charge is 0.478 e. The van der Waals surface area contributed by atoms with Gasteiger partial charge < -0.3 is 5.11 Å². The standard InChI is InChI=1S/C15H10BrClN2O2/c1-8-18-14-10(15(20)21)3-2-4-12(14)19(8)13-7-9(17)5-6-11(13)16/h2-7H,1H3,(H,20,21). The normalized spacial score (nSPS) is 11.0. The number of nitrogens with zero attached hydrogens (tertiary/aromatic N) is 2. The van der Waals surface area contributed by atoms with Crippen molar-refractivity contribution in [2.75, 3.05) is 0 Å². The molecule has 0 aliphatic heterocycles. The second kappa shape index (κ2) is 5.16. The van der Waals surface area contributed by atoms with Crippen LogP contribution in [0.2, 0.25) is 5.02 Å².